The molecule has 0 unspecified atom stereocenters. The highest BCUT2D eigenvalue weighted by atomic mass is 15.2. The van der Waals surface area contributed by atoms with Crippen LogP contribution in [0, 0.1) is 0 Å². The molecule has 0 aliphatic carbocycles. The number of hydrogen-bond donors (Lipinski definition) is 3. The molecule has 5 nitrogen and oxygen atoms in total. The summed E-state index contributed by atoms with van der Waals surface area (Å²) >= 11 is 0. The first kappa shape index (κ1) is 13.1. The van der Waals surface area contributed by atoms with Crippen LogP contribution in [0.1, 0.15) is 26.2 Å². The zero-order chi connectivity index (χ0) is 12.8. The van der Waals surface area contributed by atoms with Gasteiger partial charge in [0.15, 0.2) is 0 Å². The Bertz CT molecular complexity index is 360. The molecule has 5 heteroatoms. The largest absolute Gasteiger partial charge is 0.382 e. The molecule has 4 N–H and O–H groups in total. The Hall–Kier alpha value is -1.33. The molecule has 1 saturated heterocycles. The van der Waals surface area contributed by atoms with Crippen molar-refractivity contribution in [1.29, 1.82) is 0 Å². The minimum Gasteiger partial charge on any atom is -0.382 e. The van der Waals surface area contributed by atoms with Crippen molar-refractivity contribution in [3.05, 3.63) is 18.3 Å². The van der Waals surface area contributed by atoms with Gasteiger partial charge in [-0.3, -0.25) is 0 Å². The van der Waals surface area contributed by atoms with Crippen LogP contribution in [0.15, 0.2) is 18.3 Å². The Morgan fingerprint density at radius 3 is 2.89 bits per heavy atom. The van der Waals surface area contributed by atoms with Crippen molar-refractivity contribution in [2.24, 2.45) is 5.84 Å². The van der Waals surface area contributed by atoms with Crippen LogP contribution in [0.3, 0.4) is 0 Å². The maximum atomic E-state index is 5.36. The van der Waals surface area contributed by atoms with E-state index in [1.54, 1.807) is 6.20 Å². The van der Waals surface area contributed by atoms with Gasteiger partial charge in [0.2, 0.25) is 0 Å². The van der Waals surface area contributed by atoms with Gasteiger partial charge in [-0.15, -0.1) is 0 Å². The number of aromatic nitrogens is 1. The number of piperidine rings is 1. The maximum absolute atomic E-state index is 5.36. The van der Waals surface area contributed by atoms with Crippen molar-refractivity contribution < 1.29 is 0 Å². The molecule has 18 heavy (non-hydrogen) atoms. The average Bonchev–Trinajstić information content (AvgIpc) is 2.42. The molecule has 1 aromatic heterocycles. The predicted octanol–water partition coefficient (Wildman–Crippen LogP) is 1.65. The lowest BCUT2D eigenvalue weighted by Crippen LogP contribution is -2.39. The van der Waals surface area contributed by atoms with Crippen LogP contribution in [-0.4, -0.2) is 35.6 Å². The van der Waals surface area contributed by atoms with E-state index in [0.29, 0.717) is 11.9 Å². The van der Waals surface area contributed by atoms with Crippen molar-refractivity contribution in [3.8, 4) is 0 Å². The summed E-state index contributed by atoms with van der Waals surface area (Å²) in [6.07, 6.45) is 5.42. The van der Waals surface area contributed by atoms with Gasteiger partial charge in [-0.2, -0.15) is 0 Å². The number of hydrogen-bond acceptors (Lipinski definition) is 5. The monoisotopic (exact) mass is 249 g/mol. The van der Waals surface area contributed by atoms with Gasteiger partial charge >= 0.3 is 0 Å². The van der Waals surface area contributed by atoms with Gasteiger partial charge in [0, 0.05) is 37.1 Å². The van der Waals surface area contributed by atoms with Crippen molar-refractivity contribution in [2.75, 3.05) is 30.4 Å². The first-order valence-electron chi connectivity index (χ1n) is 6.73. The smallest absolute Gasteiger partial charge is 0.141 e. The lowest BCUT2D eigenvalue weighted by Gasteiger charge is -2.32. The number of nitrogens with two attached hydrogens (primary N) is 1. The topological polar surface area (TPSA) is 66.2 Å². The summed E-state index contributed by atoms with van der Waals surface area (Å²) in [6, 6.07) is 4.49. The van der Waals surface area contributed by atoms with Gasteiger partial charge in [-0.25, -0.2) is 10.8 Å². The summed E-state index contributed by atoms with van der Waals surface area (Å²) in [5, 5.41) is 3.56. The second-order valence-corrected chi connectivity index (χ2v) is 4.83. The SMILES string of the molecule is CCCN1CCC(Nc2ccnc(NN)c2)CC1. The van der Waals surface area contributed by atoms with Crippen molar-refractivity contribution in [1.82, 2.24) is 9.88 Å². The zero-order valence-corrected chi connectivity index (χ0v) is 11.0. The number of rotatable bonds is 5. The normalized spacial score (nSPS) is 17.7. The fourth-order valence-corrected chi connectivity index (χ4v) is 2.45. The molecule has 0 saturated carbocycles. The third kappa shape index (κ3) is 3.58. The van der Waals surface area contributed by atoms with Crippen LogP contribution in [0.4, 0.5) is 11.5 Å². The molecule has 1 aliphatic rings. The Kier molecular flexibility index (Phi) is 4.78. The quantitative estimate of drug-likeness (QED) is 0.547. The molecule has 0 amide bonds. The zero-order valence-electron chi connectivity index (χ0n) is 11.0. The third-order valence-electron chi connectivity index (χ3n) is 3.41. The fourth-order valence-electron chi connectivity index (χ4n) is 2.45. The lowest BCUT2D eigenvalue weighted by atomic mass is 10.0. The third-order valence-corrected chi connectivity index (χ3v) is 3.41. The number of hydrazine groups is 1. The number of nitrogens with one attached hydrogen (secondary N) is 2. The van der Waals surface area contributed by atoms with Gasteiger partial charge in [0.25, 0.3) is 0 Å². The van der Waals surface area contributed by atoms with Gasteiger partial charge in [0.05, 0.1) is 0 Å². The van der Waals surface area contributed by atoms with Crippen molar-refractivity contribution in [3.63, 3.8) is 0 Å². The minimum absolute atomic E-state index is 0.561. The van der Waals surface area contributed by atoms with E-state index in [1.165, 1.54) is 38.9 Å². The fraction of sp³-hybridized carbons (Fsp3) is 0.615. The first-order valence-corrected chi connectivity index (χ1v) is 6.73. The summed E-state index contributed by atoms with van der Waals surface area (Å²) in [5.74, 6) is 6.05. The second-order valence-electron chi connectivity index (χ2n) is 4.83. The van der Waals surface area contributed by atoms with Crippen LogP contribution < -0.4 is 16.6 Å². The van der Waals surface area contributed by atoms with Crippen LogP contribution in [-0.2, 0) is 0 Å². The standard InChI is InChI=1S/C13H23N5/c1-2-7-18-8-4-11(5-9-18)16-12-3-6-15-13(10-12)17-14/h3,6,10-11H,2,4-5,7-9,14H2,1H3,(H2,15,16,17). The molecule has 2 rings (SSSR count). The Labute approximate surface area is 109 Å². The molecule has 2 heterocycles. The number of anilines is 2. The van der Waals surface area contributed by atoms with Crippen LogP contribution in [0.25, 0.3) is 0 Å². The maximum Gasteiger partial charge on any atom is 0.141 e. The number of nitrogens with zero attached hydrogens (tertiary/aromatic N) is 2. The molecule has 0 atom stereocenters. The van der Waals surface area contributed by atoms with Gasteiger partial charge < -0.3 is 15.6 Å². The molecule has 0 spiro atoms. The Morgan fingerprint density at radius 1 is 1.44 bits per heavy atom. The number of nitrogen functional groups attached to an aromatic ring is 1. The number of pyridine rings is 1. The van der Waals surface area contributed by atoms with E-state index in [2.05, 4.69) is 27.6 Å². The molecule has 1 fully saturated rings. The highest BCUT2D eigenvalue weighted by Gasteiger charge is 2.18. The Morgan fingerprint density at radius 2 is 2.22 bits per heavy atom. The van der Waals surface area contributed by atoms with Crippen LogP contribution in [0.2, 0.25) is 0 Å². The highest BCUT2D eigenvalue weighted by Crippen LogP contribution is 2.18. The van der Waals surface area contributed by atoms with Gasteiger partial charge in [0.1, 0.15) is 5.82 Å². The van der Waals surface area contributed by atoms with E-state index in [0.717, 1.165) is 5.69 Å². The summed E-state index contributed by atoms with van der Waals surface area (Å²) in [4.78, 5) is 6.64. The lowest BCUT2D eigenvalue weighted by molar-refractivity contribution is 0.219. The molecule has 1 aromatic rings. The summed E-state index contributed by atoms with van der Waals surface area (Å²) in [6.45, 7) is 5.85. The van der Waals surface area contributed by atoms with E-state index < -0.39 is 0 Å². The predicted molar refractivity (Wildman–Crippen MR) is 75.4 cm³/mol. The van der Waals surface area contributed by atoms with Crippen molar-refractivity contribution in [2.45, 2.75) is 32.2 Å². The molecule has 100 valence electrons. The molecule has 1 aliphatic heterocycles. The summed E-state index contributed by atoms with van der Waals surface area (Å²) in [5.41, 5.74) is 3.66. The number of likely N-dealkylation sites (tertiary alicyclic amines) is 1. The first-order chi connectivity index (χ1) is 8.81. The Balaban J connectivity index is 1.83. The molecular formula is C13H23N5. The average molecular weight is 249 g/mol. The van der Waals surface area contributed by atoms with E-state index in [-0.39, 0.29) is 0 Å². The highest BCUT2D eigenvalue weighted by molar-refractivity contribution is 5.51. The van der Waals surface area contributed by atoms with E-state index >= 15 is 0 Å². The molecule has 0 aromatic carbocycles. The molecule has 0 bridgehead atoms. The van der Waals surface area contributed by atoms with Gasteiger partial charge in [-0.1, -0.05) is 6.92 Å². The van der Waals surface area contributed by atoms with E-state index in [1.807, 2.05) is 12.1 Å². The summed E-state index contributed by atoms with van der Waals surface area (Å²) < 4.78 is 0. The molecule has 0 radical (unpaired) electrons. The van der Waals surface area contributed by atoms with Gasteiger partial charge in [-0.05, 0) is 31.9 Å². The summed E-state index contributed by atoms with van der Waals surface area (Å²) in [7, 11) is 0. The minimum atomic E-state index is 0.561. The van der Waals surface area contributed by atoms with E-state index in [9.17, 15) is 0 Å². The van der Waals surface area contributed by atoms with E-state index in [4.69, 9.17) is 5.84 Å². The van der Waals surface area contributed by atoms with Crippen LogP contribution >= 0.6 is 0 Å². The second kappa shape index (κ2) is 6.56. The van der Waals surface area contributed by atoms with Crippen LogP contribution in [0.5, 0.6) is 0 Å². The van der Waals surface area contributed by atoms with Crippen molar-refractivity contribution >= 4 is 11.5 Å². The molecular weight excluding hydrogens is 226 g/mol.